The summed E-state index contributed by atoms with van der Waals surface area (Å²) in [5, 5.41) is 0. The fraction of sp³-hybridized carbons (Fsp3) is 0.692. The molecule has 0 amide bonds. The maximum absolute atomic E-state index is 2.87. The molecule has 0 radical (unpaired) electrons. The molecule has 5 rings (SSSR count). The number of rotatable bonds is 4. The maximum atomic E-state index is 2.87. The van der Waals surface area contributed by atoms with Gasteiger partial charge in [-0.05, 0) is 0 Å². The second kappa shape index (κ2) is 9.14. The van der Waals surface area contributed by atoms with E-state index < -0.39 is 36.4 Å². The fourth-order valence-electron chi connectivity index (χ4n) is 7.49. The molecule has 1 heterocycles. The van der Waals surface area contributed by atoms with Crippen molar-refractivity contribution in [1.29, 1.82) is 0 Å². The first-order valence-corrected chi connectivity index (χ1v) is 25.6. The third-order valence-electron chi connectivity index (χ3n) is 8.67. The van der Waals surface area contributed by atoms with Crippen LogP contribution in [0.1, 0.15) is 51.4 Å². The molecule has 1 aliphatic heterocycles. The van der Waals surface area contributed by atoms with Crippen molar-refractivity contribution in [3.8, 4) is 0 Å². The first kappa shape index (κ1) is 26.5. The largest absolute Gasteiger partial charge is 1.00 e. The van der Waals surface area contributed by atoms with Gasteiger partial charge in [-0.3, -0.25) is 0 Å². The third-order valence-corrected chi connectivity index (χ3v) is 26.1. The number of allylic oxidation sites excluding steroid dienone is 8. The average Bonchev–Trinajstić information content (AvgIpc) is 3.18. The van der Waals surface area contributed by atoms with E-state index in [4.69, 9.17) is 0 Å². The molecule has 0 N–H and O–H groups in total. The molecule has 4 aliphatic carbocycles. The van der Waals surface area contributed by atoms with E-state index in [1.165, 1.54) is 51.4 Å². The Bertz CT molecular complexity index is 795. The summed E-state index contributed by atoms with van der Waals surface area (Å²) < 4.78 is 7.55. The Kier molecular flexibility index (Phi) is 7.80. The number of hydrogen-bond donors (Lipinski definition) is 0. The summed E-state index contributed by atoms with van der Waals surface area (Å²) in [5.41, 5.74) is 9.43. The van der Waals surface area contributed by atoms with Crippen molar-refractivity contribution in [2.75, 3.05) is 0 Å². The zero-order valence-electron chi connectivity index (χ0n) is 20.6. The summed E-state index contributed by atoms with van der Waals surface area (Å²) in [7, 11) is -2.45. The van der Waals surface area contributed by atoms with Crippen molar-refractivity contribution >= 4 is 16.1 Å². The summed E-state index contributed by atoms with van der Waals surface area (Å²) in [6, 6.07) is 0. The monoisotopic (exact) mass is 570 g/mol. The molecule has 31 heavy (non-hydrogen) atoms. The topological polar surface area (TPSA) is 0 Å². The van der Waals surface area contributed by atoms with Gasteiger partial charge < -0.3 is 24.8 Å². The van der Waals surface area contributed by atoms with Crippen LogP contribution in [0, 0.1) is 0 Å². The van der Waals surface area contributed by atoms with Crippen molar-refractivity contribution in [3.63, 3.8) is 0 Å². The van der Waals surface area contributed by atoms with Gasteiger partial charge in [-0.1, -0.05) is 0 Å². The molecule has 5 aliphatic rings. The molecule has 0 unspecified atom stereocenters. The van der Waals surface area contributed by atoms with Crippen molar-refractivity contribution < 1.29 is 45.1 Å². The summed E-state index contributed by atoms with van der Waals surface area (Å²) in [6.07, 6.45) is 17.2. The van der Waals surface area contributed by atoms with E-state index in [-0.39, 0.29) is 24.8 Å². The molecule has 1 saturated heterocycles. The minimum Gasteiger partial charge on any atom is -1.00 e. The van der Waals surface area contributed by atoms with Gasteiger partial charge in [0, 0.05) is 0 Å². The Labute approximate surface area is 210 Å². The minimum absolute atomic E-state index is 0. The van der Waals surface area contributed by atoms with Crippen LogP contribution in [0.15, 0.2) is 41.0 Å². The third kappa shape index (κ3) is 4.47. The van der Waals surface area contributed by atoms with Gasteiger partial charge in [-0.15, -0.1) is 0 Å². The number of halogens is 2. The Hall–Kier alpha value is 0.857. The van der Waals surface area contributed by atoms with Gasteiger partial charge in [0.2, 0.25) is 0 Å². The van der Waals surface area contributed by atoms with E-state index in [1.807, 2.05) is 22.3 Å². The molecule has 1 fully saturated rings. The summed E-state index contributed by atoms with van der Waals surface area (Å²) in [5.74, 6) is 0. The first-order chi connectivity index (χ1) is 13.6. The van der Waals surface area contributed by atoms with Crippen LogP contribution < -0.4 is 24.8 Å². The van der Waals surface area contributed by atoms with Gasteiger partial charge >= 0.3 is 187 Å². The van der Waals surface area contributed by atoms with Crippen molar-refractivity contribution in [3.05, 3.63) is 41.0 Å². The molecular weight excluding hydrogens is 531 g/mol. The van der Waals surface area contributed by atoms with Crippen LogP contribution in [0.5, 0.6) is 0 Å². The zero-order valence-corrected chi connectivity index (χ0v) is 26.6. The van der Waals surface area contributed by atoms with E-state index in [2.05, 4.69) is 58.0 Å². The Morgan fingerprint density at radius 3 is 1.29 bits per heavy atom. The number of hydrogen-bond acceptors (Lipinski definition) is 0. The van der Waals surface area contributed by atoms with Gasteiger partial charge in [-0.2, -0.15) is 0 Å². The quantitative estimate of drug-likeness (QED) is 0.455. The minimum atomic E-state index is -2.35. The summed E-state index contributed by atoms with van der Waals surface area (Å²) in [4.78, 5) is 0. The molecule has 0 nitrogen and oxygen atoms in total. The molecule has 172 valence electrons. The first-order valence-electron chi connectivity index (χ1n) is 12.5. The molecule has 0 aromatic heterocycles. The SMILES string of the molecule is C[Si](C)(C)[C@@H]1[C]([Zr+2]2([C]3=CC4=C(CCCC4)[C@H]3[Si](C)(C)C)[CH2][CH2]2)=CC2=C1CCCC2.[Cl-].[Cl-]. The van der Waals surface area contributed by atoms with E-state index in [1.54, 1.807) is 8.26 Å². The summed E-state index contributed by atoms with van der Waals surface area (Å²) in [6.45, 7) is 16.1. The van der Waals surface area contributed by atoms with Crippen LogP contribution in [0.3, 0.4) is 0 Å². The van der Waals surface area contributed by atoms with E-state index >= 15 is 0 Å². The van der Waals surface area contributed by atoms with Crippen LogP contribution in [-0.4, -0.2) is 16.1 Å². The second-order valence-electron chi connectivity index (χ2n) is 12.9. The van der Waals surface area contributed by atoms with Crippen LogP contribution in [0.2, 0.25) is 58.6 Å². The molecule has 0 bridgehead atoms. The summed E-state index contributed by atoms with van der Waals surface area (Å²) >= 11 is -2.35. The zero-order chi connectivity index (χ0) is 20.6. The molecule has 0 aromatic rings. The molecule has 0 saturated carbocycles. The standard InChI is InChI=1S/2C12H19Si.C2H4.2ClH.Zr/c2*1-13(2,3)12-9-8-10-6-4-5-7-11(10)12;1-2;;;/h2*8,12H,4-7H2,1-3H3;1-2H2;2*1H;/q;;;;;+2/p-2/t2*12-;;;;/m10..../s1. The predicted octanol–water partition coefficient (Wildman–Crippen LogP) is 2.95. The van der Waals surface area contributed by atoms with Gasteiger partial charge in [-0.25, -0.2) is 0 Å². The van der Waals surface area contributed by atoms with Gasteiger partial charge in [0.1, 0.15) is 0 Å². The van der Waals surface area contributed by atoms with Crippen molar-refractivity contribution in [2.24, 2.45) is 0 Å². The fourth-order valence-corrected chi connectivity index (χ4v) is 35.6. The van der Waals surface area contributed by atoms with Crippen LogP contribution >= 0.6 is 0 Å². The maximum Gasteiger partial charge on any atom is -1.00 e. The normalized spacial score (nSPS) is 28.5. The Morgan fingerprint density at radius 1 is 0.613 bits per heavy atom. The van der Waals surface area contributed by atoms with Crippen LogP contribution in [0.4, 0.5) is 0 Å². The van der Waals surface area contributed by atoms with E-state index in [0.29, 0.717) is 0 Å². The van der Waals surface area contributed by atoms with E-state index in [0.717, 1.165) is 11.1 Å². The van der Waals surface area contributed by atoms with Crippen molar-refractivity contribution in [1.82, 2.24) is 0 Å². The molecule has 0 spiro atoms. The van der Waals surface area contributed by atoms with Crippen LogP contribution in [-0.2, 0) is 20.3 Å². The Morgan fingerprint density at radius 2 is 0.968 bits per heavy atom. The van der Waals surface area contributed by atoms with Gasteiger partial charge in [0.15, 0.2) is 0 Å². The van der Waals surface area contributed by atoms with Gasteiger partial charge in [0.25, 0.3) is 0 Å². The molecule has 2 atom stereocenters. The van der Waals surface area contributed by atoms with E-state index in [9.17, 15) is 0 Å². The van der Waals surface area contributed by atoms with Crippen LogP contribution in [0.25, 0.3) is 0 Å². The smallest absolute Gasteiger partial charge is 1.00 e. The second-order valence-corrected chi connectivity index (χ2v) is 34.1. The average molecular weight is 573 g/mol. The molecular formula is C26H42Cl2Si2Zr. The Balaban J connectivity index is 0.00000136. The predicted molar refractivity (Wildman–Crippen MR) is 131 cm³/mol. The van der Waals surface area contributed by atoms with Crippen molar-refractivity contribution in [2.45, 2.75) is 110 Å². The molecule has 5 heteroatoms. The molecule has 0 aromatic carbocycles. The van der Waals surface area contributed by atoms with Gasteiger partial charge in [0.05, 0.1) is 0 Å².